The van der Waals surface area contributed by atoms with Crippen LogP contribution in [0.15, 0.2) is 24.3 Å². The van der Waals surface area contributed by atoms with Gasteiger partial charge in [-0.15, -0.1) is 12.1 Å². The fourth-order valence-electron chi connectivity index (χ4n) is 0.642. The standard InChI is InChI=1S/C8H5F4O.BrH.Zn/c9-7(10)8(11,12)13-6-4-2-1-3-5-6;;/h1-2,4-5,7H;1H;/q-1;;+2/p-1. The van der Waals surface area contributed by atoms with Gasteiger partial charge in [-0.2, -0.15) is 35.8 Å². The van der Waals surface area contributed by atoms with Crippen LogP contribution in [0.2, 0.25) is 0 Å². The van der Waals surface area contributed by atoms with Crippen molar-refractivity contribution in [1.82, 2.24) is 0 Å². The Bertz CT molecular complexity index is 271. The molecule has 0 radical (unpaired) electrons. The summed E-state index contributed by atoms with van der Waals surface area (Å²) >= 11 is 4.25. The molecule has 0 amide bonds. The molecule has 80 valence electrons. The van der Waals surface area contributed by atoms with E-state index in [4.69, 9.17) is 0 Å². The van der Waals surface area contributed by atoms with E-state index in [1.54, 1.807) is 0 Å². The molecule has 1 nitrogen and oxygen atoms in total. The van der Waals surface area contributed by atoms with Crippen LogP contribution in [0.5, 0.6) is 5.75 Å². The van der Waals surface area contributed by atoms with E-state index >= 15 is 0 Å². The van der Waals surface area contributed by atoms with Crippen LogP contribution >= 0.6 is 13.6 Å². The van der Waals surface area contributed by atoms with E-state index in [0.29, 0.717) is 0 Å². The average Bonchev–Trinajstić information content (AvgIpc) is 2.21. The molecular weight excluding hydrogens is 333 g/mol. The van der Waals surface area contributed by atoms with Crippen LogP contribution in [-0.4, -0.2) is 12.5 Å². The number of benzene rings is 1. The maximum atomic E-state index is 12.2. The topological polar surface area (TPSA) is 9.23 Å². The summed E-state index contributed by atoms with van der Waals surface area (Å²) in [6.45, 7) is 0. The number of alkyl halides is 4. The summed E-state index contributed by atoms with van der Waals surface area (Å²) in [5.74, 6) is -0.340. The Morgan fingerprint density at radius 1 is 1.40 bits per heavy atom. The quantitative estimate of drug-likeness (QED) is 0.465. The molecule has 0 N–H and O–H groups in total. The Morgan fingerprint density at radius 3 is 2.40 bits per heavy atom. The molecule has 1 aromatic carbocycles. The van der Waals surface area contributed by atoms with Gasteiger partial charge in [0.1, 0.15) is 0 Å². The Morgan fingerprint density at radius 2 is 2.00 bits per heavy atom. The van der Waals surface area contributed by atoms with Gasteiger partial charge in [0.15, 0.2) is 0 Å². The summed E-state index contributed by atoms with van der Waals surface area (Å²) in [7, 11) is 0. The maximum absolute atomic E-state index is 12.2. The van der Waals surface area contributed by atoms with Crippen molar-refractivity contribution in [2.75, 3.05) is 0 Å². The van der Waals surface area contributed by atoms with Crippen LogP contribution in [0.25, 0.3) is 0 Å². The molecule has 7 heteroatoms. The molecule has 0 aliphatic carbocycles. The molecule has 15 heavy (non-hydrogen) atoms. The van der Waals surface area contributed by atoms with Gasteiger partial charge in [0, 0.05) is 5.75 Å². The number of hydrogen-bond acceptors (Lipinski definition) is 1. The van der Waals surface area contributed by atoms with Crippen molar-refractivity contribution in [3.63, 3.8) is 0 Å². The Labute approximate surface area is 101 Å². The van der Waals surface area contributed by atoms with Crippen molar-refractivity contribution in [3.8, 4) is 5.75 Å². The van der Waals surface area contributed by atoms with E-state index in [1.807, 2.05) is 0 Å². The average molecular weight is 338 g/mol. The van der Waals surface area contributed by atoms with Crippen molar-refractivity contribution in [1.29, 1.82) is 0 Å². The third kappa shape index (κ3) is 5.47. The number of ether oxygens (including phenoxy) is 1. The summed E-state index contributed by atoms with van der Waals surface area (Å²) < 4.78 is 51.5. The van der Waals surface area contributed by atoms with Crippen LogP contribution in [0.4, 0.5) is 17.6 Å². The van der Waals surface area contributed by atoms with E-state index < -0.39 is 12.5 Å². The van der Waals surface area contributed by atoms with Gasteiger partial charge in [-0.1, -0.05) is 0 Å². The molecule has 0 aliphatic rings. The van der Waals surface area contributed by atoms with E-state index in [1.165, 1.54) is 28.5 Å². The van der Waals surface area contributed by atoms with Crippen molar-refractivity contribution < 1.29 is 38.6 Å². The fraction of sp³-hybridized carbons (Fsp3) is 0.250. The van der Waals surface area contributed by atoms with Gasteiger partial charge in [-0.3, -0.25) is 0 Å². The first kappa shape index (κ1) is 14.8. The normalized spacial score (nSPS) is 10.7. The van der Waals surface area contributed by atoms with Gasteiger partial charge >= 0.3 is 42.5 Å². The molecular formula is C8H5BrF4OZn. The molecule has 0 saturated carbocycles. The first-order valence-corrected chi connectivity index (χ1v) is 10.5. The van der Waals surface area contributed by atoms with Gasteiger partial charge in [0.25, 0.3) is 0 Å². The Balaban J connectivity index is 0.000000921. The number of hydrogen-bond donors (Lipinski definition) is 0. The molecule has 0 aromatic heterocycles. The van der Waals surface area contributed by atoms with Gasteiger partial charge in [-0.05, 0) is 0 Å². The van der Waals surface area contributed by atoms with Crippen LogP contribution < -0.4 is 4.74 Å². The number of halogens is 5. The minimum atomic E-state index is -4.45. The predicted molar refractivity (Wildman–Crippen MR) is 45.8 cm³/mol. The SMILES string of the molecule is FC(F)C(F)(F)Oc1c[c-]ccc1.[Zn+][Br]. The van der Waals surface area contributed by atoms with E-state index in [2.05, 4.69) is 24.4 Å². The first-order valence-electron chi connectivity index (χ1n) is 3.60. The van der Waals surface area contributed by atoms with Gasteiger partial charge < -0.3 is 4.74 Å². The molecule has 0 heterocycles. The van der Waals surface area contributed by atoms with Crippen LogP contribution in [-0.2, 0) is 16.3 Å². The second-order valence-corrected chi connectivity index (χ2v) is 2.20. The second kappa shape index (κ2) is 7.17. The molecule has 0 fully saturated rings. The molecule has 0 unspecified atom stereocenters. The fourth-order valence-corrected chi connectivity index (χ4v) is 0.642. The van der Waals surface area contributed by atoms with Gasteiger partial charge in [-0.25, -0.2) is 0 Å². The zero-order valence-corrected chi connectivity index (χ0v) is 11.9. The molecule has 1 rings (SSSR count). The van der Waals surface area contributed by atoms with Crippen LogP contribution in [0, 0.1) is 6.07 Å². The predicted octanol–water partition coefficient (Wildman–Crippen LogP) is 3.57. The molecule has 0 spiro atoms. The van der Waals surface area contributed by atoms with E-state index in [0.717, 1.165) is 12.1 Å². The van der Waals surface area contributed by atoms with Crippen molar-refractivity contribution in [3.05, 3.63) is 30.3 Å². The van der Waals surface area contributed by atoms with Gasteiger partial charge in [0.2, 0.25) is 0 Å². The first-order chi connectivity index (χ1) is 7.02. The zero-order chi connectivity index (χ0) is 11.9. The number of rotatable bonds is 3. The molecule has 0 bridgehead atoms. The van der Waals surface area contributed by atoms with E-state index in [-0.39, 0.29) is 5.75 Å². The van der Waals surface area contributed by atoms with Crippen LogP contribution in [0.1, 0.15) is 0 Å². The third-order valence-electron chi connectivity index (χ3n) is 1.19. The second-order valence-electron chi connectivity index (χ2n) is 2.20. The van der Waals surface area contributed by atoms with E-state index in [9.17, 15) is 17.6 Å². The van der Waals surface area contributed by atoms with Crippen molar-refractivity contribution in [2.24, 2.45) is 0 Å². The summed E-state index contributed by atoms with van der Waals surface area (Å²) in [6.07, 6.45) is -8.29. The Hall–Kier alpha value is -0.157. The van der Waals surface area contributed by atoms with Crippen molar-refractivity contribution in [2.45, 2.75) is 12.5 Å². The summed E-state index contributed by atoms with van der Waals surface area (Å²) in [5, 5.41) is 0. The summed E-state index contributed by atoms with van der Waals surface area (Å²) in [5.41, 5.74) is 0. The van der Waals surface area contributed by atoms with Gasteiger partial charge in [0.05, 0.1) is 0 Å². The molecule has 1 aromatic rings. The Kier molecular flexibility index (Phi) is 7.10. The molecule has 0 saturated heterocycles. The minimum absolute atomic E-state index is 0.340. The summed E-state index contributed by atoms with van der Waals surface area (Å²) in [4.78, 5) is 0. The monoisotopic (exact) mass is 336 g/mol. The zero-order valence-electron chi connectivity index (χ0n) is 7.39. The molecule has 0 atom stereocenters. The summed E-state index contributed by atoms with van der Waals surface area (Å²) in [6, 6.07) is 7.41. The molecule has 0 aliphatic heterocycles. The van der Waals surface area contributed by atoms with Crippen LogP contribution in [0.3, 0.4) is 0 Å². The van der Waals surface area contributed by atoms with Crippen molar-refractivity contribution >= 4 is 13.6 Å². The third-order valence-corrected chi connectivity index (χ3v) is 1.19.